The lowest BCUT2D eigenvalue weighted by molar-refractivity contribution is 0.104. The minimum absolute atomic E-state index is 0.0441. The Labute approximate surface area is 91.4 Å². The van der Waals surface area contributed by atoms with Crippen LogP contribution in [0, 0.1) is 0 Å². The molecule has 1 aromatic rings. The fourth-order valence-electron chi connectivity index (χ4n) is 1.42. The maximum atomic E-state index is 11.8. The standard InChI is InChI=1S/C12H15BO2/c1-9(8-15-2)7-12(14)10-5-3-4-6-11(10)13/h3-7H,8,13H2,1-2H3/b9-7+. The normalized spacial score (nSPS) is 11.5. The average molecular weight is 202 g/mol. The van der Waals surface area contributed by atoms with E-state index < -0.39 is 0 Å². The van der Waals surface area contributed by atoms with Gasteiger partial charge in [-0.3, -0.25) is 4.79 Å². The molecule has 0 fully saturated rings. The second-order valence-corrected chi connectivity index (χ2v) is 3.60. The third-order valence-corrected chi connectivity index (χ3v) is 2.16. The fraction of sp³-hybridized carbons (Fsp3) is 0.250. The Balaban J connectivity index is 2.86. The second kappa shape index (κ2) is 5.52. The molecule has 0 aliphatic heterocycles. The summed E-state index contributed by atoms with van der Waals surface area (Å²) in [5.41, 5.74) is 2.70. The first-order valence-electron chi connectivity index (χ1n) is 4.91. The molecule has 2 nitrogen and oxygen atoms in total. The van der Waals surface area contributed by atoms with Gasteiger partial charge in [-0.15, -0.1) is 0 Å². The number of hydrogen-bond acceptors (Lipinski definition) is 2. The van der Waals surface area contributed by atoms with Gasteiger partial charge in [0.1, 0.15) is 7.85 Å². The fourth-order valence-corrected chi connectivity index (χ4v) is 1.42. The molecule has 15 heavy (non-hydrogen) atoms. The van der Waals surface area contributed by atoms with Crippen LogP contribution in [0.25, 0.3) is 0 Å². The summed E-state index contributed by atoms with van der Waals surface area (Å²) >= 11 is 0. The highest BCUT2D eigenvalue weighted by molar-refractivity contribution is 6.37. The number of hydrogen-bond donors (Lipinski definition) is 0. The van der Waals surface area contributed by atoms with Crippen LogP contribution >= 0.6 is 0 Å². The van der Waals surface area contributed by atoms with Crippen molar-refractivity contribution in [2.75, 3.05) is 13.7 Å². The Morgan fingerprint density at radius 2 is 2.13 bits per heavy atom. The van der Waals surface area contributed by atoms with Crippen LogP contribution in [0.5, 0.6) is 0 Å². The first-order chi connectivity index (χ1) is 7.15. The Morgan fingerprint density at radius 3 is 2.73 bits per heavy atom. The Morgan fingerprint density at radius 1 is 1.47 bits per heavy atom. The molecular formula is C12H15BO2. The molecule has 1 rings (SSSR count). The van der Waals surface area contributed by atoms with Gasteiger partial charge >= 0.3 is 0 Å². The molecule has 0 amide bonds. The van der Waals surface area contributed by atoms with E-state index in [2.05, 4.69) is 0 Å². The zero-order valence-corrected chi connectivity index (χ0v) is 9.41. The predicted molar refractivity (Wildman–Crippen MR) is 64.6 cm³/mol. The number of ketones is 1. The molecular weight excluding hydrogens is 187 g/mol. The summed E-state index contributed by atoms with van der Waals surface area (Å²) in [6.45, 7) is 2.39. The summed E-state index contributed by atoms with van der Waals surface area (Å²) in [6, 6.07) is 7.58. The molecule has 0 aliphatic rings. The third kappa shape index (κ3) is 3.37. The lowest BCUT2D eigenvalue weighted by atomic mass is 9.88. The summed E-state index contributed by atoms with van der Waals surface area (Å²) in [5, 5.41) is 0. The van der Waals surface area contributed by atoms with Gasteiger partial charge in [0.15, 0.2) is 5.78 Å². The van der Waals surface area contributed by atoms with E-state index in [1.807, 2.05) is 39.0 Å². The molecule has 0 bridgehead atoms. The summed E-state index contributed by atoms with van der Waals surface area (Å²) in [6.07, 6.45) is 1.63. The Hall–Kier alpha value is -1.35. The van der Waals surface area contributed by atoms with E-state index in [4.69, 9.17) is 4.74 Å². The molecule has 0 spiro atoms. The lowest BCUT2D eigenvalue weighted by Crippen LogP contribution is -2.14. The molecule has 0 aromatic heterocycles. The van der Waals surface area contributed by atoms with Crippen molar-refractivity contribution in [2.45, 2.75) is 6.92 Å². The Kier molecular flexibility index (Phi) is 4.31. The molecule has 0 saturated heterocycles. The predicted octanol–water partition coefficient (Wildman–Crippen LogP) is 0.720. The number of rotatable bonds is 4. The van der Waals surface area contributed by atoms with Crippen LogP contribution in [-0.4, -0.2) is 27.3 Å². The highest BCUT2D eigenvalue weighted by Gasteiger charge is 2.05. The molecule has 0 heterocycles. The first kappa shape index (κ1) is 11.7. The van der Waals surface area contributed by atoms with Gasteiger partial charge in [0, 0.05) is 12.7 Å². The van der Waals surface area contributed by atoms with Crippen LogP contribution in [0.1, 0.15) is 17.3 Å². The van der Waals surface area contributed by atoms with Gasteiger partial charge < -0.3 is 4.74 Å². The van der Waals surface area contributed by atoms with E-state index in [0.29, 0.717) is 6.61 Å². The zero-order valence-electron chi connectivity index (χ0n) is 9.41. The third-order valence-electron chi connectivity index (χ3n) is 2.16. The van der Waals surface area contributed by atoms with E-state index in [0.717, 1.165) is 16.6 Å². The second-order valence-electron chi connectivity index (χ2n) is 3.60. The summed E-state index contributed by atoms with van der Waals surface area (Å²) in [7, 11) is 3.56. The first-order valence-corrected chi connectivity index (χ1v) is 4.91. The highest BCUT2D eigenvalue weighted by atomic mass is 16.5. The van der Waals surface area contributed by atoms with Crippen molar-refractivity contribution in [1.29, 1.82) is 0 Å². The number of methoxy groups -OCH3 is 1. The van der Waals surface area contributed by atoms with Crippen LogP contribution in [0.4, 0.5) is 0 Å². The quantitative estimate of drug-likeness (QED) is 0.408. The van der Waals surface area contributed by atoms with Crippen molar-refractivity contribution in [2.24, 2.45) is 0 Å². The van der Waals surface area contributed by atoms with Gasteiger partial charge in [-0.05, 0) is 18.6 Å². The monoisotopic (exact) mass is 202 g/mol. The van der Waals surface area contributed by atoms with Gasteiger partial charge in [-0.25, -0.2) is 0 Å². The summed E-state index contributed by atoms with van der Waals surface area (Å²) in [4.78, 5) is 11.8. The molecule has 0 N–H and O–H groups in total. The van der Waals surface area contributed by atoms with E-state index in [1.165, 1.54) is 0 Å². The van der Waals surface area contributed by atoms with Crippen molar-refractivity contribution in [3.05, 3.63) is 41.5 Å². The van der Waals surface area contributed by atoms with Crippen LogP contribution in [0.2, 0.25) is 0 Å². The molecule has 0 unspecified atom stereocenters. The van der Waals surface area contributed by atoms with E-state index in [-0.39, 0.29) is 5.78 Å². The van der Waals surface area contributed by atoms with Gasteiger partial charge in [-0.2, -0.15) is 0 Å². The van der Waals surface area contributed by atoms with Crippen molar-refractivity contribution in [1.82, 2.24) is 0 Å². The number of ether oxygens (including phenoxy) is 1. The number of carbonyl (C=O) groups is 1. The van der Waals surface area contributed by atoms with E-state index >= 15 is 0 Å². The van der Waals surface area contributed by atoms with Crippen LogP contribution in [-0.2, 0) is 4.74 Å². The minimum Gasteiger partial charge on any atom is -0.380 e. The SMILES string of the molecule is Bc1ccccc1C(=O)/C=C(\C)COC. The van der Waals surface area contributed by atoms with Crippen LogP contribution in [0.3, 0.4) is 0 Å². The molecule has 0 aliphatic carbocycles. The number of allylic oxidation sites excluding steroid dienone is 1. The van der Waals surface area contributed by atoms with Crippen molar-refractivity contribution in [3.63, 3.8) is 0 Å². The lowest BCUT2D eigenvalue weighted by Gasteiger charge is -2.02. The zero-order chi connectivity index (χ0) is 11.3. The maximum Gasteiger partial charge on any atom is 0.185 e. The van der Waals surface area contributed by atoms with Gasteiger partial charge in [0.25, 0.3) is 0 Å². The van der Waals surface area contributed by atoms with Crippen molar-refractivity contribution < 1.29 is 9.53 Å². The Bertz CT molecular complexity index is 383. The van der Waals surface area contributed by atoms with Gasteiger partial charge in [0.2, 0.25) is 0 Å². The molecule has 1 aromatic carbocycles. The van der Waals surface area contributed by atoms with Crippen molar-refractivity contribution in [3.8, 4) is 0 Å². The smallest absolute Gasteiger partial charge is 0.185 e. The van der Waals surface area contributed by atoms with E-state index in [1.54, 1.807) is 13.2 Å². The molecule has 0 saturated carbocycles. The number of benzene rings is 1. The van der Waals surface area contributed by atoms with Crippen molar-refractivity contribution >= 4 is 19.1 Å². The summed E-state index contributed by atoms with van der Waals surface area (Å²) in [5.74, 6) is 0.0441. The van der Waals surface area contributed by atoms with Gasteiger partial charge in [0.05, 0.1) is 6.61 Å². The van der Waals surface area contributed by atoms with Crippen LogP contribution < -0.4 is 5.46 Å². The topological polar surface area (TPSA) is 26.3 Å². The van der Waals surface area contributed by atoms with E-state index in [9.17, 15) is 4.79 Å². The molecule has 0 atom stereocenters. The number of carbonyl (C=O) groups excluding carboxylic acids is 1. The van der Waals surface area contributed by atoms with Gasteiger partial charge in [-0.1, -0.05) is 29.7 Å². The summed E-state index contributed by atoms with van der Waals surface area (Å²) < 4.78 is 4.95. The highest BCUT2D eigenvalue weighted by Crippen LogP contribution is 2.01. The maximum absolute atomic E-state index is 11.8. The largest absolute Gasteiger partial charge is 0.380 e. The van der Waals surface area contributed by atoms with Crippen LogP contribution in [0.15, 0.2) is 35.9 Å². The average Bonchev–Trinajstić information content (AvgIpc) is 2.18. The molecule has 3 heteroatoms. The molecule has 0 radical (unpaired) electrons. The minimum atomic E-state index is 0.0441. The molecule has 78 valence electrons.